The number of nitrogens with zero attached hydrogens (tertiary/aromatic N) is 2. The molecular formula is C23H21FN2O7S. The Labute approximate surface area is 195 Å². The molecule has 0 aliphatic heterocycles. The molecule has 3 aromatic carbocycles. The maximum atomic E-state index is 13.0. The minimum Gasteiger partial charge on any atom is -0.383 e. The number of methoxy groups -OCH3 is 1. The molecule has 0 spiro atoms. The average molecular weight is 488 g/mol. The Morgan fingerprint density at radius 2 is 1.62 bits per heavy atom. The Kier molecular flexibility index (Phi) is 7.92. The van der Waals surface area contributed by atoms with Crippen molar-refractivity contribution in [2.24, 2.45) is 0 Å². The van der Waals surface area contributed by atoms with Crippen LogP contribution in [0.25, 0.3) is 0 Å². The second kappa shape index (κ2) is 10.9. The van der Waals surface area contributed by atoms with Crippen molar-refractivity contribution in [3.63, 3.8) is 0 Å². The molecule has 11 heteroatoms. The molecule has 0 aliphatic carbocycles. The molecule has 1 amide bonds. The number of nitro benzene ring substituents is 1. The lowest BCUT2D eigenvalue weighted by Gasteiger charge is -2.23. The number of carbonyl (C=O) groups excluding carboxylic acids is 1. The van der Waals surface area contributed by atoms with Crippen molar-refractivity contribution in [2.75, 3.05) is 20.3 Å². The lowest BCUT2D eigenvalue weighted by atomic mass is 10.1. The molecular weight excluding hydrogens is 467 g/mol. The summed E-state index contributed by atoms with van der Waals surface area (Å²) >= 11 is 0. The van der Waals surface area contributed by atoms with Crippen LogP contribution in [0.3, 0.4) is 0 Å². The van der Waals surface area contributed by atoms with Gasteiger partial charge in [-0.1, -0.05) is 12.1 Å². The molecule has 0 aromatic heterocycles. The normalized spacial score (nSPS) is 11.1. The van der Waals surface area contributed by atoms with Crippen LogP contribution in [0.2, 0.25) is 0 Å². The molecule has 0 aliphatic rings. The summed E-state index contributed by atoms with van der Waals surface area (Å²) in [6.07, 6.45) is 0. The first-order valence-corrected chi connectivity index (χ1v) is 11.4. The van der Waals surface area contributed by atoms with Gasteiger partial charge in [-0.15, -0.1) is 0 Å². The first-order chi connectivity index (χ1) is 16.2. The van der Waals surface area contributed by atoms with Crippen molar-refractivity contribution in [2.45, 2.75) is 11.4 Å². The molecule has 0 saturated carbocycles. The SMILES string of the molecule is COCCN(Cc1ccc(OS(=O)(=O)c2ccc(F)cc2)cc1)C(=O)c1ccc([N+](=O)[O-])cc1. The average Bonchev–Trinajstić information content (AvgIpc) is 2.82. The van der Waals surface area contributed by atoms with E-state index in [1.807, 2.05) is 0 Å². The third-order valence-electron chi connectivity index (χ3n) is 4.78. The highest BCUT2D eigenvalue weighted by atomic mass is 32.2. The predicted octanol–water partition coefficient (Wildman–Crippen LogP) is 3.79. The van der Waals surface area contributed by atoms with Crippen LogP contribution in [-0.4, -0.2) is 44.4 Å². The van der Waals surface area contributed by atoms with Crippen LogP contribution in [-0.2, 0) is 21.4 Å². The Balaban J connectivity index is 1.72. The molecule has 3 rings (SSSR count). The molecule has 0 unspecified atom stereocenters. The Bertz CT molecular complexity index is 1250. The van der Waals surface area contributed by atoms with Crippen molar-refractivity contribution in [1.29, 1.82) is 0 Å². The fourth-order valence-electron chi connectivity index (χ4n) is 3.01. The monoisotopic (exact) mass is 488 g/mol. The van der Waals surface area contributed by atoms with E-state index in [4.69, 9.17) is 8.92 Å². The van der Waals surface area contributed by atoms with Gasteiger partial charge in [0.05, 0.1) is 11.5 Å². The van der Waals surface area contributed by atoms with Gasteiger partial charge in [0.25, 0.3) is 11.6 Å². The fourth-order valence-corrected chi connectivity index (χ4v) is 3.94. The highest BCUT2D eigenvalue weighted by Gasteiger charge is 2.19. The first-order valence-electron chi connectivity index (χ1n) is 10.0. The maximum absolute atomic E-state index is 13.0. The summed E-state index contributed by atoms with van der Waals surface area (Å²) in [5, 5.41) is 10.8. The van der Waals surface area contributed by atoms with Crippen LogP contribution in [0.1, 0.15) is 15.9 Å². The van der Waals surface area contributed by atoms with Gasteiger partial charge in [-0.05, 0) is 54.1 Å². The van der Waals surface area contributed by atoms with Crippen LogP contribution in [0.4, 0.5) is 10.1 Å². The van der Waals surface area contributed by atoms with Gasteiger partial charge in [0, 0.05) is 37.9 Å². The van der Waals surface area contributed by atoms with E-state index in [1.54, 1.807) is 12.1 Å². The van der Waals surface area contributed by atoms with Gasteiger partial charge in [-0.3, -0.25) is 14.9 Å². The fraction of sp³-hybridized carbons (Fsp3) is 0.174. The summed E-state index contributed by atoms with van der Waals surface area (Å²) in [6, 6.07) is 15.7. The van der Waals surface area contributed by atoms with Crippen molar-refractivity contribution >= 4 is 21.7 Å². The largest absolute Gasteiger partial charge is 0.383 e. The van der Waals surface area contributed by atoms with E-state index in [9.17, 15) is 27.7 Å². The van der Waals surface area contributed by atoms with E-state index in [2.05, 4.69) is 0 Å². The highest BCUT2D eigenvalue weighted by molar-refractivity contribution is 7.87. The number of rotatable bonds is 10. The summed E-state index contributed by atoms with van der Waals surface area (Å²) < 4.78 is 47.9. The zero-order chi connectivity index (χ0) is 24.7. The molecule has 178 valence electrons. The minimum absolute atomic E-state index is 0.0539. The van der Waals surface area contributed by atoms with Crippen LogP contribution in [0.5, 0.6) is 5.75 Å². The number of hydrogen-bond acceptors (Lipinski definition) is 7. The molecule has 34 heavy (non-hydrogen) atoms. The molecule has 9 nitrogen and oxygen atoms in total. The number of ether oxygens (including phenoxy) is 1. The molecule has 0 radical (unpaired) electrons. The van der Waals surface area contributed by atoms with Gasteiger partial charge in [0.15, 0.2) is 0 Å². The van der Waals surface area contributed by atoms with E-state index in [1.165, 1.54) is 48.4 Å². The predicted molar refractivity (Wildman–Crippen MR) is 120 cm³/mol. The maximum Gasteiger partial charge on any atom is 0.339 e. The topological polar surface area (TPSA) is 116 Å². The molecule has 3 aromatic rings. The number of halogens is 1. The van der Waals surface area contributed by atoms with Gasteiger partial charge < -0.3 is 13.8 Å². The van der Waals surface area contributed by atoms with E-state index >= 15 is 0 Å². The number of non-ortho nitro benzene ring substituents is 1. The summed E-state index contributed by atoms with van der Waals surface area (Å²) in [7, 11) is -2.63. The van der Waals surface area contributed by atoms with E-state index in [0.717, 1.165) is 24.3 Å². The van der Waals surface area contributed by atoms with Crippen LogP contribution in [0.15, 0.2) is 77.7 Å². The molecule has 0 N–H and O–H groups in total. The Morgan fingerprint density at radius 1 is 1.00 bits per heavy atom. The standard InChI is InChI=1S/C23H21FN2O7S/c1-32-15-14-25(23(27)18-4-8-20(9-5-18)26(28)29)16-17-2-10-21(11-3-17)33-34(30,31)22-12-6-19(24)7-13-22/h2-13H,14-16H2,1H3. The summed E-state index contributed by atoms with van der Waals surface area (Å²) in [5.41, 5.74) is 0.858. The summed E-state index contributed by atoms with van der Waals surface area (Å²) in [5.74, 6) is -0.853. The molecule has 0 saturated heterocycles. The quantitative estimate of drug-likeness (QED) is 0.242. The lowest BCUT2D eigenvalue weighted by Crippen LogP contribution is -2.33. The second-order valence-electron chi connectivity index (χ2n) is 7.16. The zero-order valence-corrected chi connectivity index (χ0v) is 18.9. The van der Waals surface area contributed by atoms with E-state index in [-0.39, 0.29) is 47.5 Å². The third-order valence-corrected chi connectivity index (χ3v) is 6.04. The van der Waals surface area contributed by atoms with E-state index in [0.29, 0.717) is 5.56 Å². The van der Waals surface area contributed by atoms with E-state index < -0.39 is 20.9 Å². The number of hydrogen-bond donors (Lipinski definition) is 0. The number of amides is 1. The molecule has 0 fully saturated rings. The summed E-state index contributed by atoms with van der Waals surface area (Å²) in [4.78, 5) is 24.6. The first kappa shape index (κ1) is 24.8. The van der Waals surface area contributed by atoms with Crippen molar-refractivity contribution in [3.8, 4) is 5.75 Å². The zero-order valence-electron chi connectivity index (χ0n) is 18.1. The third kappa shape index (κ3) is 6.36. The molecule has 0 heterocycles. The second-order valence-corrected chi connectivity index (χ2v) is 8.71. The lowest BCUT2D eigenvalue weighted by molar-refractivity contribution is -0.384. The van der Waals surface area contributed by atoms with Gasteiger partial charge in [-0.25, -0.2) is 4.39 Å². The molecule has 0 bridgehead atoms. The van der Waals surface area contributed by atoms with Crippen LogP contribution in [0, 0.1) is 15.9 Å². The Hall–Kier alpha value is -3.83. The minimum atomic E-state index is -4.13. The molecule has 0 atom stereocenters. The highest BCUT2D eigenvalue weighted by Crippen LogP contribution is 2.21. The van der Waals surface area contributed by atoms with Gasteiger partial charge >= 0.3 is 10.1 Å². The number of nitro groups is 1. The van der Waals surface area contributed by atoms with Crippen LogP contribution >= 0.6 is 0 Å². The van der Waals surface area contributed by atoms with Gasteiger partial charge in [0.1, 0.15) is 16.5 Å². The van der Waals surface area contributed by atoms with Crippen molar-refractivity contribution in [3.05, 3.63) is 99.9 Å². The van der Waals surface area contributed by atoms with Crippen molar-refractivity contribution in [1.82, 2.24) is 4.90 Å². The van der Waals surface area contributed by atoms with Crippen molar-refractivity contribution < 1.29 is 31.4 Å². The summed E-state index contributed by atoms with van der Waals surface area (Å²) in [6.45, 7) is 0.726. The number of carbonyl (C=O) groups is 1. The number of benzene rings is 3. The Morgan fingerprint density at radius 3 is 2.18 bits per heavy atom. The van der Waals surface area contributed by atoms with Gasteiger partial charge in [0.2, 0.25) is 0 Å². The van der Waals surface area contributed by atoms with Gasteiger partial charge in [-0.2, -0.15) is 8.42 Å². The van der Waals surface area contributed by atoms with Crippen LogP contribution < -0.4 is 4.18 Å². The smallest absolute Gasteiger partial charge is 0.339 e.